The Kier molecular flexibility index (Phi) is 9.55. The van der Waals surface area contributed by atoms with Crippen LogP contribution in [0, 0.1) is 0 Å². The highest BCUT2D eigenvalue weighted by molar-refractivity contribution is 8.13. The molecule has 0 saturated heterocycles. The van der Waals surface area contributed by atoms with E-state index in [2.05, 4.69) is 6.92 Å². The van der Waals surface area contributed by atoms with Gasteiger partial charge in [0, 0.05) is 23.9 Å². The van der Waals surface area contributed by atoms with Gasteiger partial charge in [0.2, 0.25) is 9.05 Å². The molecule has 0 aliphatic carbocycles. The third-order valence-electron chi connectivity index (χ3n) is 2.07. The fraction of sp³-hybridized carbons (Fsp3) is 1.00. The van der Waals surface area contributed by atoms with Gasteiger partial charge >= 0.3 is 0 Å². The molecule has 0 saturated carbocycles. The van der Waals surface area contributed by atoms with Crippen LogP contribution in [0.3, 0.4) is 0 Å². The van der Waals surface area contributed by atoms with Gasteiger partial charge in [0.05, 0.1) is 5.75 Å². The number of unbranched alkanes of at least 4 members (excludes halogenated alkanes) is 4. The topological polar surface area (TPSA) is 43.4 Å². The fourth-order valence-electron chi connectivity index (χ4n) is 1.18. The van der Waals surface area contributed by atoms with E-state index in [1.165, 1.54) is 0 Å². The Balaban J connectivity index is 3.06. The van der Waals surface area contributed by atoms with Crippen molar-refractivity contribution in [2.75, 3.05) is 19.0 Å². The van der Waals surface area contributed by atoms with Crippen LogP contribution in [-0.2, 0) is 13.8 Å². The number of halogens is 1. The summed E-state index contributed by atoms with van der Waals surface area (Å²) in [6.07, 6.45) is 5.85. The lowest BCUT2D eigenvalue weighted by atomic mass is 10.2. The highest BCUT2D eigenvalue weighted by Crippen LogP contribution is 2.05. The van der Waals surface area contributed by atoms with Crippen molar-refractivity contribution in [2.45, 2.75) is 45.4 Å². The first kappa shape index (κ1) is 15.2. The summed E-state index contributed by atoms with van der Waals surface area (Å²) in [6, 6.07) is 0. The van der Waals surface area contributed by atoms with Gasteiger partial charge in [-0.1, -0.05) is 26.2 Å². The highest BCUT2D eigenvalue weighted by atomic mass is 35.7. The van der Waals surface area contributed by atoms with Crippen LogP contribution in [-0.4, -0.2) is 27.4 Å². The van der Waals surface area contributed by atoms with Gasteiger partial charge in [0.15, 0.2) is 0 Å². The lowest BCUT2D eigenvalue weighted by molar-refractivity contribution is 0.127. The molecule has 0 spiro atoms. The molecule has 0 aromatic carbocycles. The molecule has 0 rings (SSSR count). The molecule has 0 aromatic heterocycles. The Bertz CT molecular complexity index is 227. The van der Waals surface area contributed by atoms with Crippen molar-refractivity contribution in [1.29, 1.82) is 0 Å². The summed E-state index contributed by atoms with van der Waals surface area (Å²) in [7, 11) is 1.79. The van der Waals surface area contributed by atoms with Crippen molar-refractivity contribution < 1.29 is 13.2 Å². The van der Waals surface area contributed by atoms with Crippen LogP contribution in [0.4, 0.5) is 0 Å². The van der Waals surface area contributed by atoms with Gasteiger partial charge in [-0.05, 0) is 19.3 Å². The first-order valence-corrected chi connectivity index (χ1v) is 8.04. The van der Waals surface area contributed by atoms with Gasteiger partial charge < -0.3 is 4.74 Å². The Morgan fingerprint density at radius 2 is 1.60 bits per heavy atom. The second-order valence-electron chi connectivity index (χ2n) is 3.62. The van der Waals surface area contributed by atoms with Crippen molar-refractivity contribution >= 4 is 19.7 Å². The summed E-state index contributed by atoms with van der Waals surface area (Å²) < 4.78 is 26.5. The van der Waals surface area contributed by atoms with E-state index >= 15 is 0 Å². The molecule has 0 unspecified atom stereocenters. The van der Waals surface area contributed by atoms with Crippen LogP contribution in [0.2, 0.25) is 0 Å². The quantitative estimate of drug-likeness (QED) is 0.446. The van der Waals surface area contributed by atoms with Crippen molar-refractivity contribution in [3.63, 3.8) is 0 Å². The highest BCUT2D eigenvalue weighted by Gasteiger charge is 2.03. The number of rotatable bonds is 10. The second-order valence-corrected chi connectivity index (χ2v) is 6.52. The molecule has 0 amide bonds. The average Bonchev–Trinajstić information content (AvgIpc) is 2.14. The number of hydrogen-bond donors (Lipinski definition) is 0. The van der Waals surface area contributed by atoms with Crippen LogP contribution in [0.1, 0.15) is 45.4 Å². The summed E-state index contributed by atoms with van der Waals surface area (Å²) in [5.74, 6) is 0.0885. The molecule has 0 aliphatic rings. The summed E-state index contributed by atoms with van der Waals surface area (Å²) in [6.45, 7) is 3.76. The SMILES string of the molecule is CCCCOCCCCCCS(=O)(=O)Cl. The third-order valence-corrected chi connectivity index (χ3v) is 3.31. The maximum Gasteiger partial charge on any atom is 0.232 e. The van der Waals surface area contributed by atoms with Crippen molar-refractivity contribution in [1.82, 2.24) is 0 Å². The molecule has 15 heavy (non-hydrogen) atoms. The summed E-state index contributed by atoms with van der Waals surface area (Å²) in [4.78, 5) is 0. The number of hydrogen-bond acceptors (Lipinski definition) is 3. The first-order valence-electron chi connectivity index (χ1n) is 5.56. The van der Waals surface area contributed by atoms with E-state index in [9.17, 15) is 8.42 Å². The Morgan fingerprint density at radius 3 is 2.20 bits per heavy atom. The maximum atomic E-state index is 10.6. The lowest BCUT2D eigenvalue weighted by Gasteiger charge is -2.02. The van der Waals surface area contributed by atoms with Crippen molar-refractivity contribution in [2.24, 2.45) is 0 Å². The van der Waals surface area contributed by atoms with Gasteiger partial charge in [0.1, 0.15) is 0 Å². The minimum Gasteiger partial charge on any atom is -0.381 e. The smallest absolute Gasteiger partial charge is 0.232 e. The van der Waals surface area contributed by atoms with E-state index in [0.717, 1.165) is 45.3 Å². The minimum atomic E-state index is -3.29. The van der Waals surface area contributed by atoms with E-state index < -0.39 is 9.05 Å². The molecule has 3 nitrogen and oxygen atoms in total. The molecule has 0 atom stereocenters. The zero-order valence-electron chi connectivity index (χ0n) is 9.37. The molecule has 0 radical (unpaired) electrons. The average molecular weight is 257 g/mol. The second kappa shape index (κ2) is 9.43. The fourth-order valence-corrected chi connectivity index (χ4v) is 2.06. The van der Waals surface area contributed by atoms with Crippen LogP contribution in [0.15, 0.2) is 0 Å². The summed E-state index contributed by atoms with van der Waals surface area (Å²) >= 11 is 0. The van der Waals surface area contributed by atoms with Gasteiger partial charge in [-0.15, -0.1) is 0 Å². The third kappa shape index (κ3) is 14.2. The van der Waals surface area contributed by atoms with Crippen LogP contribution >= 0.6 is 10.7 Å². The standard InChI is InChI=1S/C10H21ClO3S/c1-2-3-8-14-9-6-4-5-7-10-15(11,12)13/h2-10H2,1H3. The van der Waals surface area contributed by atoms with Crippen molar-refractivity contribution in [3.8, 4) is 0 Å². The molecular formula is C10H21ClO3S. The van der Waals surface area contributed by atoms with E-state index in [1.807, 2.05) is 0 Å². The zero-order chi connectivity index (χ0) is 11.6. The largest absolute Gasteiger partial charge is 0.381 e. The summed E-state index contributed by atoms with van der Waals surface area (Å²) in [5, 5.41) is 0. The molecule has 0 aromatic rings. The Labute approximate surface area is 97.6 Å². The van der Waals surface area contributed by atoms with Crippen molar-refractivity contribution in [3.05, 3.63) is 0 Å². The van der Waals surface area contributed by atoms with Gasteiger partial charge in [-0.3, -0.25) is 0 Å². The summed E-state index contributed by atoms with van der Waals surface area (Å²) in [5.41, 5.74) is 0. The van der Waals surface area contributed by atoms with Crippen LogP contribution in [0.5, 0.6) is 0 Å². The predicted molar refractivity (Wildman–Crippen MR) is 63.8 cm³/mol. The molecular weight excluding hydrogens is 236 g/mol. The van der Waals surface area contributed by atoms with E-state index in [1.54, 1.807) is 0 Å². The molecule has 0 fully saturated rings. The van der Waals surface area contributed by atoms with Gasteiger partial charge in [-0.2, -0.15) is 0 Å². The van der Waals surface area contributed by atoms with Crippen LogP contribution < -0.4 is 0 Å². The molecule has 0 bridgehead atoms. The Morgan fingerprint density at radius 1 is 1.00 bits per heavy atom. The number of ether oxygens (including phenoxy) is 1. The normalized spacial score (nSPS) is 11.9. The zero-order valence-corrected chi connectivity index (χ0v) is 10.9. The first-order chi connectivity index (χ1) is 7.06. The molecule has 92 valence electrons. The minimum absolute atomic E-state index is 0.0885. The van der Waals surface area contributed by atoms with E-state index in [-0.39, 0.29) is 5.75 Å². The molecule has 0 aliphatic heterocycles. The van der Waals surface area contributed by atoms with E-state index in [4.69, 9.17) is 15.4 Å². The predicted octanol–water partition coefficient (Wildman–Crippen LogP) is 2.93. The monoisotopic (exact) mass is 256 g/mol. The van der Waals surface area contributed by atoms with Gasteiger partial charge in [0.25, 0.3) is 0 Å². The molecule has 0 heterocycles. The molecule has 5 heteroatoms. The maximum absolute atomic E-state index is 10.6. The van der Waals surface area contributed by atoms with Crippen LogP contribution in [0.25, 0.3) is 0 Å². The Hall–Kier alpha value is 0.200. The van der Waals surface area contributed by atoms with E-state index in [0.29, 0.717) is 6.42 Å². The molecule has 0 N–H and O–H groups in total. The lowest BCUT2D eigenvalue weighted by Crippen LogP contribution is -1.99. The van der Waals surface area contributed by atoms with Gasteiger partial charge in [-0.25, -0.2) is 8.42 Å².